The lowest BCUT2D eigenvalue weighted by Gasteiger charge is -2.38. The van der Waals surface area contributed by atoms with Gasteiger partial charge >= 0.3 is 5.97 Å². The number of benzene rings is 1. The van der Waals surface area contributed by atoms with E-state index in [2.05, 4.69) is 11.8 Å². The highest BCUT2D eigenvalue weighted by atomic mass is 35.5. The third-order valence-corrected chi connectivity index (χ3v) is 4.66. The van der Waals surface area contributed by atoms with E-state index >= 15 is 0 Å². The van der Waals surface area contributed by atoms with Crippen LogP contribution in [0, 0.1) is 17.8 Å². The molecule has 1 aliphatic carbocycles. The van der Waals surface area contributed by atoms with Crippen molar-refractivity contribution in [3.05, 3.63) is 35.9 Å². The fraction of sp³-hybridized carbons (Fsp3) is 0.550. The van der Waals surface area contributed by atoms with Crippen LogP contribution in [0.25, 0.3) is 0 Å². The van der Waals surface area contributed by atoms with E-state index < -0.39 is 17.2 Å². The summed E-state index contributed by atoms with van der Waals surface area (Å²) < 4.78 is 5.59. The van der Waals surface area contributed by atoms with Crippen molar-refractivity contribution in [1.29, 1.82) is 0 Å². The molecule has 24 heavy (non-hydrogen) atoms. The van der Waals surface area contributed by atoms with E-state index in [0.29, 0.717) is 5.56 Å². The number of hydrogen-bond acceptors (Lipinski definition) is 3. The summed E-state index contributed by atoms with van der Waals surface area (Å²) in [5.41, 5.74) is -2.05. The molecule has 4 heteroatoms. The second-order valence-corrected chi connectivity index (χ2v) is 7.07. The maximum atomic E-state index is 13.0. The van der Waals surface area contributed by atoms with Gasteiger partial charge < -0.3 is 9.84 Å². The zero-order valence-electron chi connectivity index (χ0n) is 14.3. The molecule has 0 radical (unpaired) electrons. The maximum absolute atomic E-state index is 13.0. The smallest absolute Gasteiger partial charge is 0.344 e. The summed E-state index contributed by atoms with van der Waals surface area (Å²) in [7, 11) is 0. The Morgan fingerprint density at radius 1 is 1.25 bits per heavy atom. The highest BCUT2D eigenvalue weighted by Crippen LogP contribution is 2.41. The van der Waals surface area contributed by atoms with Gasteiger partial charge in [-0.25, -0.2) is 4.79 Å². The van der Waals surface area contributed by atoms with Crippen LogP contribution in [0.4, 0.5) is 0 Å². The van der Waals surface area contributed by atoms with Gasteiger partial charge in [-0.3, -0.25) is 0 Å². The van der Waals surface area contributed by atoms with E-state index in [1.54, 1.807) is 26.0 Å². The average molecular weight is 349 g/mol. The Balaban J connectivity index is 2.33. The van der Waals surface area contributed by atoms with Gasteiger partial charge in [0.05, 0.1) is 5.88 Å². The third kappa shape index (κ3) is 4.32. The average Bonchev–Trinajstić information content (AvgIpc) is 2.60. The van der Waals surface area contributed by atoms with Crippen LogP contribution in [0.15, 0.2) is 30.3 Å². The minimum absolute atomic E-state index is 0.141. The molecule has 1 saturated carbocycles. The molecule has 0 heterocycles. The van der Waals surface area contributed by atoms with E-state index in [9.17, 15) is 9.90 Å². The molecule has 1 atom stereocenters. The van der Waals surface area contributed by atoms with Crippen LogP contribution in [0.3, 0.4) is 0 Å². The second-order valence-electron chi connectivity index (χ2n) is 6.80. The summed E-state index contributed by atoms with van der Waals surface area (Å²) in [4.78, 5) is 13.0. The molecule has 0 amide bonds. The zero-order valence-corrected chi connectivity index (χ0v) is 15.1. The van der Waals surface area contributed by atoms with Crippen molar-refractivity contribution >= 4 is 17.6 Å². The fourth-order valence-electron chi connectivity index (χ4n) is 3.31. The Hall–Kier alpha value is -1.50. The van der Waals surface area contributed by atoms with Crippen LogP contribution in [0.5, 0.6) is 0 Å². The minimum atomic E-state index is -1.64. The Morgan fingerprint density at radius 2 is 1.88 bits per heavy atom. The zero-order chi connectivity index (χ0) is 17.6. The number of carbonyl (C=O) groups excluding carboxylic acids is 1. The molecule has 1 unspecified atom stereocenters. The molecule has 1 aromatic rings. The van der Waals surface area contributed by atoms with Gasteiger partial charge in [0, 0.05) is 5.92 Å². The maximum Gasteiger partial charge on any atom is 0.344 e. The largest absolute Gasteiger partial charge is 0.444 e. The first-order chi connectivity index (χ1) is 11.4. The van der Waals surface area contributed by atoms with E-state index in [-0.39, 0.29) is 11.8 Å². The molecule has 130 valence electrons. The van der Waals surface area contributed by atoms with Crippen molar-refractivity contribution in [2.24, 2.45) is 5.92 Å². The monoisotopic (exact) mass is 348 g/mol. The molecule has 0 aliphatic heterocycles. The number of hydrogen-bond donors (Lipinski definition) is 1. The van der Waals surface area contributed by atoms with Crippen LogP contribution in [-0.4, -0.2) is 22.6 Å². The number of carbonyl (C=O) groups is 1. The summed E-state index contributed by atoms with van der Waals surface area (Å²) in [6, 6.07) is 9.09. The summed E-state index contributed by atoms with van der Waals surface area (Å²) >= 11 is 5.59. The molecule has 2 rings (SSSR count). The number of esters is 1. The van der Waals surface area contributed by atoms with Crippen molar-refractivity contribution < 1.29 is 14.6 Å². The van der Waals surface area contributed by atoms with Crippen LogP contribution in [-0.2, 0) is 15.1 Å². The van der Waals surface area contributed by atoms with Crippen LogP contribution >= 0.6 is 11.6 Å². The Labute approximate surface area is 149 Å². The highest BCUT2D eigenvalue weighted by Gasteiger charge is 2.48. The molecular weight excluding hydrogens is 324 g/mol. The van der Waals surface area contributed by atoms with E-state index in [1.807, 2.05) is 18.2 Å². The first-order valence-corrected chi connectivity index (χ1v) is 9.01. The van der Waals surface area contributed by atoms with Crippen molar-refractivity contribution in [2.75, 3.05) is 5.88 Å². The summed E-state index contributed by atoms with van der Waals surface area (Å²) in [6.45, 7) is 3.41. The molecule has 1 aromatic carbocycles. The van der Waals surface area contributed by atoms with Crippen molar-refractivity contribution in [3.63, 3.8) is 0 Å². The topological polar surface area (TPSA) is 46.5 Å². The van der Waals surface area contributed by atoms with Crippen LogP contribution in [0.1, 0.15) is 51.5 Å². The molecule has 1 N–H and O–H groups in total. The predicted octanol–water partition coefficient (Wildman–Crippen LogP) is 4.02. The standard InChI is InChI=1S/C20H25ClO3/c1-19(2,14-9-15-21)24-18(22)20(23,16-10-5-3-6-11-16)17-12-7-4-8-13-17/h3,5-6,10-11,17,23H,4,7-8,12-13,15H2,1-2H3. The number of rotatable bonds is 4. The second kappa shape index (κ2) is 8.05. The first kappa shape index (κ1) is 18.8. The molecule has 1 aliphatic rings. The highest BCUT2D eigenvalue weighted by molar-refractivity contribution is 6.19. The fourth-order valence-corrected chi connectivity index (χ4v) is 3.38. The van der Waals surface area contributed by atoms with E-state index in [1.165, 1.54) is 0 Å². The number of alkyl halides is 1. The van der Waals surface area contributed by atoms with Gasteiger partial charge in [0.2, 0.25) is 0 Å². The van der Waals surface area contributed by atoms with Gasteiger partial charge in [0.15, 0.2) is 11.2 Å². The van der Waals surface area contributed by atoms with Gasteiger partial charge in [-0.05, 0) is 32.3 Å². The lowest BCUT2D eigenvalue weighted by atomic mass is 9.73. The molecule has 0 bridgehead atoms. The molecular formula is C20H25ClO3. The number of halogens is 1. The summed E-state index contributed by atoms with van der Waals surface area (Å²) in [5, 5.41) is 11.4. The van der Waals surface area contributed by atoms with Gasteiger partial charge in [-0.1, -0.05) is 61.4 Å². The van der Waals surface area contributed by atoms with Gasteiger partial charge in [-0.2, -0.15) is 0 Å². The Morgan fingerprint density at radius 3 is 2.46 bits per heavy atom. The molecule has 0 aromatic heterocycles. The Kier molecular flexibility index (Phi) is 6.32. The first-order valence-electron chi connectivity index (χ1n) is 8.47. The lowest BCUT2D eigenvalue weighted by Crippen LogP contribution is -2.47. The molecule has 0 spiro atoms. The van der Waals surface area contributed by atoms with Crippen molar-refractivity contribution in [2.45, 2.75) is 57.2 Å². The van der Waals surface area contributed by atoms with Crippen LogP contribution in [0.2, 0.25) is 0 Å². The quantitative estimate of drug-likeness (QED) is 0.508. The number of aliphatic hydroxyl groups is 1. The Bertz CT molecular complexity index is 609. The third-order valence-electron chi connectivity index (χ3n) is 4.53. The van der Waals surface area contributed by atoms with Gasteiger partial charge in [-0.15, -0.1) is 11.6 Å². The minimum Gasteiger partial charge on any atom is -0.444 e. The normalized spacial score (nSPS) is 18.2. The molecule has 3 nitrogen and oxygen atoms in total. The molecule has 0 saturated heterocycles. The summed E-state index contributed by atoms with van der Waals surface area (Å²) in [6.07, 6.45) is 4.80. The van der Waals surface area contributed by atoms with Gasteiger partial charge in [0.25, 0.3) is 0 Å². The van der Waals surface area contributed by atoms with Crippen molar-refractivity contribution in [1.82, 2.24) is 0 Å². The summed E-state index contributed by atoms with van der Waals surface area (Å²) in [5.74, 6) is 4.95. The van der Waals surface area contributed by atoms with E-state index in [4.69, 9.17) is 16.3 Å². The SMILES string of the molecule is CC(C)(C#CCCl)OC(=O)C(O)(c1ccccc1)C1CCCCC1. The molecule has 1 fully saturated rings. The van der Waals surface area contributed by atoms with Crippen LogP contribution < -0.4 is 0 Å². The number of ether oxygens (including phenoxy) is 1. The van der Waals surface area contributed by atoms with E-state index in [0.717, 1.165) is 32.1 Å². The predicted molar refractivity (Wildman–Crippen MR) is 95.6 cm³/mol. The lowest BCUT2D eigenvalue weighted by molar-refractivity contribution is -0.184. The van der Waals surface area contributed by atoms with Crippen molar-refractivity contribution in [3.8, 4) is 11.8 Å². The van der Waals surface area contributed by atoms with Gasteiger partial charge in [0.1, 0.15) is 0 Å².